The standard InChI is InChI=1S/C46H80O14P2/c1-3-5-7-9-11-12-13-14-15-16-17-18-19-20-21-22-23-27-32-36-46(49)59-42(40-58-62(53,54)57-38-41(47)37-56-61(50,51)52)39-55-45(48)35-31-28-24-26-30-34-44-43(60-44)33-29-25-10-8-6-4-2/h11-12,14-15,17-18,20-21,25,29,41-44,47H,3-10,13,16,19,22-24,26-28,30-40H2,1-2H3,(H,53,54)(H2,50,51,52)/b12-11-,15-14-,18-17-,21-20-,29-25-/t41-,42+,43?,44?/m0/s1. The molecule has 0 bridgehead atoms. The number of aliphatic hydroxyl groups excluding tert-OH is 1. The second kappa shape index (κ2) is 38.1. The number of ether oxygens (including phenoxy) is 3. The van der Waals surface area contributed by atoms with E-state index in [1.165, 1.54) is 38.5 Å². The smallest absolute Gasteiger partial charge is 0.462 e. The van der Waals surface area contributed by atoms with Crippen molar-refractivity contribution in [3.05, 3.63) is 60.8 Å². The van der Waals surface area contributed by atoms with Crippen molar-refractivity contribution in [3.63, 3.8) is 0 Å². The minimum atomic E-state index is -4.87. The van der Waals surface area contributed by atoms with Gasteiger partial charge in [-0.15, -0.1) is 0 Å². The van der Waals surface area contributed by atoms with Crippen molar-refractivity contribution in [2.24, 2.45) is 0 Å². The molecular weight excluding hydrogens is 838 g/mol. The first-order chi connectivity index (χ1) is 29.8. The highest BCUT2D eigenvalue weighted by Crippen LogP contribution is 2.44. The van der Waals surface area contributed by atoms with E-state index in [2.05, 4.69) is 83.7 Å². The summed E-state index contributed by atoms with van der Waals surface area (Å²) >= 11 is 0. The van der Waals surface area contributed by atoms with Gasteiger partial charge in [-0.2, -0.15) is 0 Å². The lowest BCUT2D eigenvalue weighted by atomic mass is 10.1. The Balaban J connectivity index is 2.38. The topological polar surface area (TPSA) is 208 Å². The fraction of sp³-hybridized carbons (Fsp3) is 0.739. The number of rotatable bonds is 42. The van der Waals surface area contributed by atoms with Crippen LogP contribution in [0.25, 0.3) is 0 Å². The van der Waals surface area contributed by atoms with Crippen LogP contribution in [0.15, 0.2) is 60.8 Å². The number of carbonyl (C=O) groups is 2. The van der Waals surface area contributed by atoms with E-state index < -0.39 is 66.2 Å². The summed E-state index contributed by atoms with van der Waals surface area (Å²) in [5.74, 6) is -1.09. The first kappa shape index (κ1) is 57.8. The number of phosphoric acid groups is 2. The van der Waals surface area contributed by atoms with Gasteiger partial charge in [-0.1, -0.05) is 132 Å². The van der Waals surface area contributed by atoms with Crippen LogP contribution in [0.1, 0.15) is 168 Å². The summed E-state index contributed by atoms with van der Waals surface area (Å²) in [4.78, 5) is 52.8. The second-order valence-electron chi connectivity index (χ2n) is 15.7. The summed E-state index contributed by atoms with van der Waals surface area (Å²) < 4.78 is 53.6. The van der Waals surface area contributed by atoms with Gasteiger partial charge in [0.15, 0.2) is 6.10 Å². The number of hydrogen-bond acceptors (Lipinski definition) is 11. The maximum atomic E-state index is 12.7. The zero-order chi connectivity index (χ0) is 45.6. The predicted molar refractivity (Wildman–Crippen MR) is 243 cm³/mol. The molecule has 1 heterocycles. The maximum absolute atomic E-state index is 12.7. The van der Waals surface area contributed by atoms with Gasteiger partial charge in [-0.05, 0) is 83.5 Å². The molecule has 5 atom stereocenters. The van der Waals surface area contributed by atoms with Crippen LogP contribution < -0.4 is 0 Å². The van der Waals surface area contributed by atoms with E-state index in [4.69, 9.17) is 28.5 Å². The minimum Gasteiger partial charge on any atom is -0.462 e. The fourth-order valence-electron chi connectivity index (χ4n) is 6.16. The molecule has 0 aliphatic carbocycles. The molecule has 0 saturated carbocycles. The quantitative estimate of drug-likeness (QED) is 0.0148. The van der Waals surface area contributed by atoms with Gasteiger partial charge in [0.2, 0.25) is 0 Å². The van der Waals surface area contributed by atoms with Crippen molar-refractivity contribution in [1.29, 1.82) is 0 Å². The molecule has 1 aliphatic heterocycles. The summed E-state index contributed by atoms with van der Waals surface area (Å²) in [5.41, 5.74) is 0. The average Bonchev–Trinajstić information content (AvgIpc) is 3.99. The number of hydrogen-bond donors (Lipinski definition) is 4. The highest BCUT2D eigenvalue weighted by molar-refractivity contribution is 7.47. The first-order valence-electron chi connectivity index (χ1n) is 23.1. The Morgan fingerprint density at radius 3 is 1.65 bits per heavy atom. The van der Waals surface area contributed by atoms with Crippen LogP contribution in [0.3, 0.4) is 0 Å². The number of unbranched alkanes of at least 4 members (excludes halogenated alkanes) is 13. The van der Waals surface area contributed by atoms with E-state index in [9.17, 15) is 28.7 Å². The summed E-state index contributed by atoms with van der Waals surface area (Å²) in [5, 5.41) is 9.76. The van der Waals surface area contributed by atoms with Crippen LogP contribution in [-0.4, -0.2) is 82.6 Å². The first-order valence-corrected chi connectivity index (χ1v) is 26.1. The molecule has 14 nitrogen and oxygen atoms in total. The van der Waals surface area contributed by atoms with Crippen molar-refractivity contribution in [1.82, 2.24) is 0 Å². The van der Waals surface area contributed by atoms with Crippen LogP contribution in [0.4, 0.5) is 0 Å². The molecule has 62 heavy (non-hydrogen) atoms. The molecule has 4 N–H and O–H groups in total. The van der Waals surface area contributed by atoms with E-state index in [1.807, 2.05) is 0 Å². The molecule has 1 rings (SSSR count). The van der Waals surface area contributed by atoms with Crippen LogP contribution in [0, 0.1) is 0 Å². The minimum absolute atomic E-state index is 0.0851. The SMILES string of the molecule is CCCCC/C=C\C/C=C\C/C=C\C/C=C\CCCCCC(=O)O[C@H](COC(=O)CCCCCCCC1OC1C/C=C\CCCCC)COP(=O)(O)OC[C@@H](O)COP(=O)(O)O. The summed E-state index contributed by atoms with van der Waals surface area (Å²) in [7, 11) is -9.70. The molecule has 0 radical (unpaired) electrons. The average molecular weight is 919 g/mol. The van der Waals surface area contributed by atoms with E-state index in [-0.39, 0.29) is 12.8 Å². The third-order valence-electron chi connectivity index (χ3n) is 9.79. The Hall–Kier alpha value is -2.22. The van der Waals surface area contributed by atoms with Gasteiger partial charge in [0.1, 0.15) is 12.7 Å². The molecule has 358 valence electrons. The lowest BCUT2D eigenvalue weighted by Gasteiger charge is -2.20. The van der Waals surface area contributed by atoms with Gasteiger partial charge in [-0.25, -0.2) is 9.13 Å². The van der Waals surface area contributed by atoms with Gasteiger partial charge < -0.3 is 34.0 Å². The van der Waals surface area contributed by atoms with Crippen LogP contribution in [0.5, 0.6) is 0 Å². The molecule has 1 aliphatic rings. The van der Waals surface area contributed by atoms with Crippen molar-refractivity contribution < 1.29 is 66.3 Å². The number of esters is 2. The highest BCUT2D eigenvalue weighted by atomic mass is 31.2. The molecule has 1 fully saturated rings. The largest absolute Gasteiger partial charge is 0.472 e. The van der Waals surface area contributed by atoms with E-state index >= 15 is 0 Å². The van der Waals surface area contributed by atoms with Gasteiger partial charge in [-0.3, -0.25) is 23.2 Å². The van der Waals surface area contributed by atoms with Crippen molar-refractivity contribution in [2.75, 3.05) is 26.4 Å². The van der Waals surface area contributed by atoms with Gasteiger partial charge in [0.25, 0.3) is 0 Å². The molecule has 0 amide bonds. The Kier molecular flexibility index (Phi) is 35.5. The van der Waals surface area contributed by atoms with Crippen LogP contribution in [0.2, 0.25) is 0 Å². The third-order valence-corrected chi connectivity index (χ3v) is 11.2. The summed E-state index contributed by atoms with van der Waals surface area (Å²) in [6.45, 7) is 1.64. The molecule has 0 aromatic rings. The lowest BCUT2D eigenvalue weighted by Crippen LogP contribution is -2.30. The van der Waals surface area contributed by atoms with Gasteiger partial charge >= 0.3 is 27.6 Å². The number of allylic oxidation sites excluding steroid dienone is 9. The van der Waals surface area contributed by atoms with Crippen molar-refractivity contribution >= 4 is 27.6 Å². The number of epoxide rings is 1. The summed E-state index contributed by atoms with van der Waals surface area (Å²) in [6.07, 6.45) is 42.2. The predicted octanol–water partition coefficient (Wildman–Crippen LogP) is 11.0. The Morgan fingerprint density at radius 1 is 0.565 bits per heavy atom. The Morgan fingerprint density at radius 2 is 1.05 bits per heavy atom. The van der Waals surface area contributed by atoms with E-state index in [0.29, 0.717) is 25.0 Å². The maximum Gasteiger partial charge on any atom is 0.472 e. The zero-order valence-electron chi connectivity index (χ0n) is 37.6. The second-order valence-corrected chi connectivity index (χ2v) is 18.4. The third kappa shape index (κ3) is 38.3. The van der Waals surface area contributed by atoms with Crippen molar-refractivity contribution in [2.45, 2.75) is 192 Å². The summed E-state index contributed by atoms with van der Waals surface area (Å²) in [6, 6.07) is 0. The Bertz CT molecular complexity index is 1390. The molecular formula is C46H80O14P2. The van der Waals surface area contributed by atoms with Gasteiger partial charge in [0, 0.05) is 12.8 Å². The van der Waals surface area contributed by atoms with Crippen LogP contribution >= 0.6 is 15.6 Å². The number of carbonyl (C=O) groups excluding carboxylic acids is 2. The van der Waals surface area contributed by atoms with Crippen molar-refractivity contribution in [3.8, 4) is 0 Å². The molecule has 1 saturated heterocycles. The molecule has 0 aromatic heterocycles. The highest BCUT2D eigenvalue weighted by Gasteiger charge is 2.36. The monoisotopic (exact) mass is 919 g/mol. The van der Waals surface area contributed by atoms with E-state index in [0.717, 1.165) is 89.9 Å². The molecule has 0 aromatic carbocycles. The Labute approximate surface area is 372 Å². The molecule has 16 heteroatoms. The lowest BCUT2D eigenvalue weighted by molar-refractivity contribution is -0.161. The van der Waals surface area contributed by atoms with E-state index in [1.54, 1.807) is 0 Å². The molecule has 0 spiro atoms. The fourth-order valence-corrected chi connectivity index (χ4v) is 7.32. The number of aliphatic hydroxyl groups is 1. The molecule has 3 unspecified atom stereocenters. The normalized spacial score (nSPS) is 17.8. The van der Waals surface area contributed by atoms with Crippen LogP contribution in [-0.2, 0) is 46.5 Å². The van der Waals surface area contributed by atoms with Gasteiger partial charge in [0.05, 0.1) is 32.0 Å². The zero-order valence-corrected chi connectivity index (χ0v) is 39.4. The number of phosphoric ester groups is 2.